The minimum Gasteiger partial charge on any atom is -0.388 e. The lowest BCUT2D eigenvalue weighted by molar-refractivity contribution is -0.0572. The number of likely N-dealkylation sites (N-methyl/N-ethyl adjacent to an activating group) is 1. The van der Waals surface area contributed by atoms with E-state index in [1.165, 1.54) is 11.5 Å². The zero-order valence-corrected chi connectivity index (χ0v) is 10.0. The third-order valence-electron chi connectivity index (χ3n) is 2.71. The molecule has 90 valence electrons. The Hall–Kier alpha value is -0.920. The van der Waals surface area contributed by atoms with E-state index in [2.05, 4.69) is 9.36 Å². The summed E-state index contributed by atoms with van der Waals surface area (Å²) >= 11 is 1.24. The molecule has 0 spiro atoms. The molecule has 2 heterocycles. The molecule has 2 rings (SSSR count). The Balaban J connectivity index is 1.98. The first-order valence-corrected chi connectivity index (χ1v) is 5.97. The minimum absolute atomic E-state index is 0.283. The van der Waals surface area contributed by atoms with Gasteiger partial charge in [-0.2, -0.15) is 9.36 Å². The van der Waals surface area contributed by atoms with Crippen LogP contribution < -0.4 is 10.6 Å². The molecule has 0 bridgehead atoms. The molecular weight excluding hydrogens is 228 g/mol. The quantitative estimate of drug-likeness (QED) is 0.784. The first-order valence-electron chi connectivity index (χ1n) is 5.19. The van der Waals surface area contributed by atoms with Crippen LogP contribution in [-0.2, 0) is 4.74 Å². The smallest absolute Gasteiger partial charge is 0.233 e. The van der Waals surface area contributed by atoms with Crippen LogP contribution in [0.25, 0.3) is 0 Å². The van der Waals surface area contributed by atoms with Crippen molar-refractivity contribution in [2.75, 3.05) is 37.4 Å². The summed E-state index contributed by atoms with van der Waals surface area (Å²) in [5.74, 6) is 0.283. The Labute approximate surface area is 98.2 Å². The SMILES string of the molecule is CN(CC1(O)CCOCC1)c1nc(N)ns1. The number of nitrogens with zero attached hydrogens (tertiary/aromatic N) is 3. The van der Waals surface area contributed by atoms with E-state index in [0.717, 1.165) is 5.13 Å². The van der Waals surface area contributed by atoms with E-state index in [1.807, 2.05) is 11.9 Å². The van der Waals surface area contributed by atoms with Crippen molar-refractivity contribution in [2.24, 2.45) is 0 Å². The average molecular weight is 244 g/mol. The highest BCUT2D eigenvalue weighted by molar-refractivity contribution is 7.09. The van der Waals surface area contributed by atoms with E-state index in [4.69, 9.17) is 10.5 Å². The van der Waals surface area contributed by atoms with E-state index in [0.29, 0.717) is 32.6 Å². The summed E-state index contributed by atoms with van der Waals surface area (Å²) in [5, 5.41) is 11.0. The summed E-state index contributed by atoms with van der Waals surface area (Å²) in [6.07, 6.45) is 1.32. The van der Waals surface area contributed by atoms with Gasteiger partial charge in [0, 0.05) is 51.2 Å². The van der Waals surface area contributed by atoms with Crippen LogP contribution in [0, 0.1) is 0 Å². The predicted molar refractivity (Wildman–Crippen MR) is 62.6 cm³/mol. The zero-order valence-electron chi connectivity index (χ0n) is 9.22. The van der Waals surface area contributed by atoms with Gasteiger partial charge in [-0.1, -0.05) is 0 Å². The average Bonchev–Trinajstić information content (AvgIpc) is 2.65. The summed E-state index contributed by atoms with van der Waals surface area (Å²) in [6, 6.07) is 0. The summed E-state index contributed by atoms with van der Waals surface area (Å²) in [4.78, 5) is 5.96. The molecule has 1 aromatic heterocycles. The molecular formula is C9H16N4O2S. The number of nitrogens with two attached hydrogens (primary N) is 1. The fourth-order valence-corrected chi connectivity index (χ4v) is 2.35. The van der Waals surface area contributed by atoms with Gasteiger partial charge in [0.15, 0.2) is 0 Å². The van der Waals surface area contributed by atoms with Gasteiger partial charge in [0.1, 0.15) is 0 Å². The van der Waals surface area contributed by atoms with Crippen molar-refractivity contribution in [1.82, 2.24) is 9.36 Å². The van der Waals surface area contributed by atoms with Gasteiger partial charge in [0.25, 0.3) is 0 Å². The van der Waals surface area contributed by atoms with Crippen LogP contribution in [0.1, 0.15) is 12.8 Å². The molecule has 1 aliphatic rings. The second-order valence-electron chi connectivity index (χ2n) is 4.13. The van der Waals surface area contributed by atoms with Gasteiger partial charge in [-0.05, 0) is 0 Å². The van der Waals surface area contributed by atoms with Gasteiger partial charge in [-0.25, -0.2) is 0 Å². The zero-order chi connectivity index (χ0) is 11.6. The molecule has 1 aromatic rings. The number of aliphatic hydroxyl groups is 1. The first-order chi connectivity index (χ1) is 7.59. The van der Waals surface area contributed by atoms with Crippen LogP contribution in [0.15, 0.2) is 0 Å². The van der Waals surface area contributed by atoms with Crippen LogP contribution in [0.3, 0.4) is 0 Å². The molecule has 0 aliphatic carbocycles. The third kappa shape index (κ3) is 2.60. The van der Waals surface area contributed by atoms with Crippen molar-refractivity contribution in [3.8, 4) is 0 Å². The molecule has 7 heteroatoms. The first kappa shape index (κ1) is 11.6. The molecule has 1 saturated heterocycles. The summed E-state index contributed by atoms with van der Waals surface area (Å²) in [7, 11) is 1.88. The van der Waals surface area contributed by atoms with Gasteiger partial charge < -0.3 is 20.5 Å². The van der Waals surface area contributed by atoms with Crippen molar-refractivity contribution in [3.63, 3.8) is 0 Å². The molecule has 0 aromatic carbocycles. The van der Waals surface area contributed by atoms with Crippen molar-refractivity contribution in [2.45, 2.75) is 18.4 Å². The van der Waals surface area contributed by atoms with Crippen molar-refractivity contribution in [1.29, 1.82) is 0 Å². The van der Waals surface area contributed by atoms with Gasteiger partial charge in [-0.3, -0.25) is 0 Å². The highest BCUT2D eigenvalue weighted by Crippen LogP contribution is 2.25. The van der Waals surface area contributed by atoms with E-state index in [-0.39, 0.29) is 5.95 Å². The molecule has 0 unspecified atom stereocenters. The van der Waals surface area contributed by atoms with Crippen molar-refractivity contribution >= 4 is 22.6 Å². The lowest BCUT2D eigenvalue weighted by atomic mass is 9.94. The normalized spacial score (nSPS) is 19.6. The van der Waals surface area contributed by atoms with Crippen molar-refractivity contribution < 1.29 is 9.84 Å². The predicted octanol–water partition coefficient (Wildman–Crippen LogP) is 0.0980. The topological polar surface area (TPSA) is 84.5 Å². The minimum atomic E-state index is -0.687. The molecule has 6 nitrogen and oxygen atoms in total. The summed E-state index contributed by atoms with van der Waals surface area (Å²) in [5.41, 5.74) is 4.77. The van der Waals surface area contributed by atoms with Crippen LogP contribution in [0.4, 0.5) is 11.1 Å². The molecule has 1 fully saturated rings. The molecule has 0 atom stereocenters. The maximum absolute atomic E-state index is 10.3. The molecule has 0 radical (unpaired) electrons. The van der Waals surface area contributed by atoms with Crippen LogP contribution in [0.2, 0.25) is 0 Å². The van der Waals surface area contributed by atoms with Crippen LogP contribution in [-0.4, -0.2) is 46.9 Å². The lowest BCUT2D eigenvalue weighted by Crippen LogP contribution is -2.45. The number of hydrogen-bond donors (Lipinski definition) is 2. The highest BCUT2D eigenvalue weighted by Gasteiger charge is 2.31. The second-order valence-corrected chi connectivity index (χ2v) is 4.86. The van der Waals surface area contributed by atoms with Gasteiger partial charge in [0.2, 0.25) is 11.1 Å². The number of rotatable bonds is 3. The van der Waals surface area contributed by atoms with Crippen LogP contribution in [0.5, 0.6) is 0 Å². The highest BCUT2D eigenvalue weighted by atomic mass is 32.1. The molecule has 0 saturated carbocycles. The number of hydrogen-bond acceptors (Lipinski definition) is 7. The monoisotopic (exact) mass is 244 g/mol. The van der Waals surface area contributed by atoms with Gasteiger partial charge >= 0.3 is 0 Å². The molecule has 3 N–H and O–H groups in total. The Morgan fingerprint density at radius 3 is 2.81 bits per heavy atom. The van der Waals surface area contributed by atoms with E-state index in [9.17, 15) is 5.11 Å². The second kappa shape index (κ2) is 4.52. The standard InChI is InChI=1S/C9H16N4O2S/c1-13(8-11-7(10)12-16-8)6-9(14)2-4-15-5-3-9/h14H,2-6H2,1H3,(H2,10,12). The maximum atomic E-state index is 10.3. The van der Waals surface area contributed by atoms with E-state index >= 15 is 0 Å². The Bertz CT molecular complexity index is 351. The van der Waals surface area contributed by atoms with E-state index < -0.39 is 5.60 Å². The molecule has 1 aliphatic heterocycles. The largest absolute Gasteiger partial charge is 0.388 e. The Morgan fingerprint density at radius 1 is 1.56 bits per heavy atom. The molecule has 16 heavy (non-hydrogen) atoms. The number of ether oxygens (including phenoxy) is 1. The van der Waals surface area contributed by atoms with Crippen LogP contribution >= 0.6 is 11.5 Å². The number of anilines is 2. The lowest BCUT2D eigenvalue weighted by Gasteiger charge is -2.35. The van der Waals surface area contributed by atoms with Gasteiger partial charge in [-0.15, -0.1) is 0 Å². The fourth-order valence-electron chi connectivity index (χ4n) is 1.80. The van der Waals surface area contributed by atoms with Gasteiger partial charge in [0.05, 0.1) is 5.60 Å². The summed E-state index contributed by atoms with van der Waals surface area (Å²) < 4.78 is 9.15. The van der Waals surface area contributed by atoms with Crippen molar-refractivity contribution in [3.05, 3.63) is 0 Å². The van der Waals surface area contributed by atoms with E-state index in [1.54, 1.807) is 0 Å². The summed E-state index contributed by atoms with van der Waals surface area (Å²) in [6.45, 7) is 1.76. The number of aromatic nitrogens is 2. The maximum Gasteiger partial charge on any atom is 0.233 e. The number of nitrogen functional groups attached to an aromatic ring is 1. The fraction of sp³-hybridized carbons (Fsp3) is 0.778. The molecule has 0 amide bonds. The Kier molecular flexibility index (Phi) is 3.27. The Morgan fingerprint density at radius 2 is 2.25 bits per heavy atom. The third-order valence-corrected chi connectivity index (χ3v) is 3.56.